The van der Waals surface area contributed by atoms with E-state index < -0.39 is 21.1 Å². The Hall–Kier alpha value is -3.07. The summed E-state index contributed by atoms with van der Waals surface area (Å²) in [6.45, 7) is 0.886. The van der Waals surface area contributed by atoms with Gasteiger partial charge in [-0.15, -0.1) is 0 Å². The molecule has 2 aromatic carbocycles. The van der Waals surface area contributed by atoms with Gasteiger partial charge in [-0.2, -0.15) is 0 Å². The van der Waals surface area contributed by atoms with Crippen molar-refractivity contribution in [2.24, 2.45) is 14.1 Å². The molecule has 0 bridgehead atoms. The lowest BCUT2D eigenvalue weighted by atomic mass is 10.2. The molecule has 28 heavy (non-hydrogen) atoms. The predicted molar refractivity (Wildman–Crippen MR) is 109 cm³/mol. The highest BCUT2D eigenvalue weighted by atomic mass is 32.2. The normalized spacial score (nSPS) is 14.4. The van der Waals surface area contributed by atoms with E-state index in [0.717, 1.165) is 5.69 Å². The number of aryl methyl sites for hydroxylation is 2. The van der Waals surface area contributed by atoms with E-state index >= 15 is 0 Å². The summed E-state index contributed by atoms with van der Waals surface area (Å²) >= 11 is 0. The van der Waals surface area contributed by atoms with Crippen molar-refractivity contribution in [3.63, 3.8) is 0 Å². The Balaban J connectivity index is 1.92. The van der Waals surface area contributed by atoms with Crippen molar-refractivity contribution in [1.29, 1.82) is 0 Å². The van der Waals surface area contributed by atoms with Gasteiger partial charge in [0.1, 0.15) is 0 Å². The average Bonchev–Trinajstić information content (AvgIpc) is 2.70. The Labute approximate surface area is 161 Å². The third-order valence-electron chi connectivity index (χ3n) is 5.25. The lowest BCUT2D eigenvalue weighted by Crippen LogP contribution is -2.42. The zero-order chi connectivity index (χ0) is 20.2. The molecule has 2 heterocycles. The molecule has 3 aromatic rings. The van der Waals surface area contributed by atoms with Gasteiger partial charge in [0.2, 0.25) is 0 Å². The summed E-state index contributed by atoms with van der Waals surface area (Å²) in [5, 5.41) is 0. The predicted octanol–water partition coefficient (Wildman–Crippen LogP) is 0.882. The van der Waals surface area contributed by atoms with Gasteiger partial charge in [0.05, 0.1) is 33.8 Å². The molecule has 0 atom stereocenters. The highest BCUT2D eigenvalue weighted by Crippen LogP contribution is 2.35. The Morgan fingerprint density at radius 1 is 0.786 bits per heavy atom. The van der Waals surface area contributed by atoms with Crippen LogP contribution in [0.5, 0.6) is 0 Å². The van der Waals surface area contributed by atoms with Crippen LogP contribution in [0, 0.1) is 0 Å². The van der Waals surface area contributed by atoms with Crippen LogP contribution in [-0.4, -0.2) is 37.7 Å². The average molecular weight is 400 g/mol. The van der Waals surface area contributed by atoms with E-state index in [0.29, 0.717) is 29.8 Å². The van der Waals surface area contributed by atoms with Gasteiger partial charge in [0.15, 0.2) is 0 Å². The first-order valence-electron chi connectivity index (χ1n) is 8.76. The fraction of sp³-hybridized carbons (Fsp3) is 0.263. The van der Waals surface area contributed by atoms with E-state index in [1.54, 1.807) is 18.2 Å². The Morgan fingerprint density at radius 3 is 2.07 bits per heavy atom. The topological polar surface area (TPSA) is 84.6 Å². The van der Waals surface area contributed by atoms with Crippen molar-refractivity contribution in [1.82, 2.24) is 9.13 Å². The number of aromatic nitrogens is 2. The molecular weight excluding hydrogens is 380 g/mol. The molecule has 0 spiro atoms. The Kier molecular flexibility index (Phi) is 4.07. The largest absolute Gasteiger partial charge is 0.371 e. The summed E-state index contributed by atoms with van der Waals surface area (Å²) in [5.74, 6) is 0. The monoisotopic (exact) mass is 400 g/mol. The molecule has 8 nitrogen and oxygen atoms in total. The number of hydrogen-bond donors (Lipinski definition) is 0. The summed E-state index contributed by atoms with van der Waals surface area (Å²) in [5.41, 5.74) is 0.979. The zero-order valence-corrected chi connectivity index (χ0v) is 16.6. The summed E-state index contributed by atoms with van der Waals surface area (Å²) < 4.78 is 30.6. The number of nitrogens with zero attached hydrogens (tertiary/aromatic N) is 4. The molecule has 0 fully saturated rings. The number of para-hydroxylation sites is 2. The molecule has 1 aliphatic rings. The molecule has 0 amide bonds. The van der Waals surface area contributed by atoms with Crippen LogP contribution < -0.4 is 20.3 Å². The number of likely N-dealkylation sites (N-methyl/N-ethyl adjacent to an activating group) is 1. The maximum atomic E-state index is 13.4. The minimum atomic E-state index is -3.84. The van der Waals surface area contributed by atoms with E-state index in [9.17, 15) is 18.0 Å². The van der Waals surface area contributed by atoms with E-state index in [1.165, 1.54) is 39.7 Å². The molecule has 4 rings (SSSR count). The fourth-order valence-corrected chi connectivity index (χ4v) is 5.07. The van der Waals surface area contributed by atoms with Crippen LogP contribution in [0.25, 0.3) is 11.0 Å². The quantitative estimate of drug-likeness (QED) is 0.597. The molecule has 1 aromatic heterocycles. The van der Waals surface area contributed by atoms with Crippen molar-refractivity contribution in [2.75, 3.05) is 29.3 Å². The third-order valence-corrected chi connectivity index (χ3v) is 7.06. The maximum Gasteiger partial charge on any atom is 0.316 e. The standard InChI is InChI=1S/C19H20N4O4S/c1-20-10-11-23(16-7-5-4-6-14(16)20)28(26,27)13-8-9-15-17(12-13)22(3)19(25)18(24)21(15)2/h4-9,12H,10-11H2,1-3H3. The molecule has 1 aliphatic heterocycles. The summed E-state index contributed by atoms with van der Waals surface area (Å²) in [7, 11) is 1.05. The lowest BCUT2D eigenvalue weighted by Gasteiger charge is -2.36. The van der Waals surface area contributed by atoms with Gasteiger partial charge < -0.3 is 14.0 Å². The van der Waals surface area contributed by atoms with E-state index in [2.05, 4.69) is 0 Å². The molecular formula is C19H20N4O4S. The second-order valence-corrected chi connectivity index (χ2v) is 8.73. The molecule has 0 saturated carbocycles. The summed E-state index contributed by atoms with van der Waals surface area (Å²) in [6, 6.07) is 11.8. The van der Waals surface area contributed by atoms with Crippen molar-refractivity contribution >= 4 is 32.4 Å². The van der Waals surface area contributed by atoms with Crippen LogP contribution in [-0.2, 0) is 24.1 Å². The second kappa shape index (κ2) is 6.23. The van der Waals surface area contributed by atoms with Gasteiger partial charge in [0, 0.05) is 27.7 Å². The number of fused-ring (bicyclic) bond motifs is 2. The third kappa shape index (κ3) is 2.54. The molecule has 0 radical (unpaired) electrons. The molecule has 0 unspecified atom stereocenters. The molecule has 0 aliphatic carbocycles. The van der Waals surface area contributed by atoms with Gasteiger partial charge in [-0.05, 0) is 30.3 Å². The zero-order valence-electron chi connectivity index (χ0n) is 15.8. The van der Waals surface area contributed by atoms with Gasteiger partial charge in [-0.1, -0.05) is 12.1 Å². The van der Waals surface area contributed by atoms with Crippen molar-refractivity contribution in [3.8, 4) is 0 Å². The minimum Gasteiger partial charge on any atom is -0.371 e. The first-order chi connectivity index (χ1) is 13.2. The van der Waals surface area contributed by atoms with Gasteiger partial charge in [-0.25, -0.2) is 8.42 Å². The van der Waals surface area contributed by atoms with Crippen molar-refractivity contribution in [2.45, 2.75) is 4.90 Å². The summed E-state index contributed by atoms with van der Waals surface area (Å²) in [4.78, 5) is 26.2. The number of sulfonamides is 1. The molecule has 9 heteroatoms. The maximum absolute atomic E-state index is 13.4. The highest BCUT2D eigenvalue weighted by Gasteiger charge is 2.31. The van der Waals surface area contributed by atoms with E-state index in [1.807, 2.05) is 24.1 Å². The molecule has 146 valence electrons. The van der Waals surface area contributed by atoms with Crippen LogP contribution in [0.3, 0.4) is 0 Å². The molecule has 0 saturated heterocycles. The van der Waals surface area contributed by atoms with Crippen LogP contribution >= 0.6 is 0 Å². The number of rotatable bonds is 2. The first kappa shape index (κ1) is 18.3. The fourth-order valence-electron chi connectivity index (χ4n) is 3.58. The Morgan fingerprint density at radius 2 is 1.39 bits per heavy atom. The van der Waals surface area contributed by atoms with Gasteiger partial charge >= 0.3 is 11.1 Å². The number of anilines is 2. The van der Waals surface area contributed by atoms with Crippen LogP contribution in [0.4, 0.5) is 11.4 Å². The van der Waals surface area contributed by atoms with Gasteiger partial charge in [-0.3, -0.25) is 13.9 Å². The molecule has 0 N–H and O–H groups in total. The van der Waals surface area contributed by atoms with E-state index in [4.69, 9.17) is 0 Å². The van der Waals surface area contributed by atoms with Crippen molar-refractivity contribution < 1.29 is 8.42 Å². The second-order valence-electron chi connectivity index (χ2n) is 6.87. The highest BCUT2D eigenvalue weighted by molar-refractivity contribution is 7.92. The van der Waals surface area contributed by atoms with E-state index in [-0.39, 0.29) is 4.90 Å². The number of hydrogen-bond acceptors (Lipinski definition) is 5. The van der Waals surface area contributed by atoms with Crippen LogP contribution in [0.1, 0.15) is 0 Å². The smallest absolute Gasteiger partial charge is 0.316 e. The SMILES string of the molecule is CN1CCN(S(=O)(=O)c2ccc3c(c2)n(C)c(=O)c(=O)n3C)c2ccccc21. The minimum absolute atomic E-state index is 0.0769. The number of benzene rings is 2. The van der Waals surface area contributed by atoms with Crippen LogP contribution in [0.2, 0.25) is 0 Å². The Bertz CT molecular complexity index is 1320. The first-order valence-corrected chi connectivity index (χ1v) is 10.2. The van der Waals surface area contributed by atoms with Crippen molar-refractivity contribution in [3.05, 3.63) is 63.2 Å². The lowest BCUT2D eigenvalue weighted by molar-refractivity contribution is 0.589. The van der Waals surface area contributed by atoms with Gasteiger partial charge in [0.25, 0.3) is 10.0 Å². The van der Waals surface area contributed by atoms with Crippen LogP contribution in [0.15, 0.2) is 56.9 Å². The summed E-state index contributed by atoms with van der Waals surface area (Å²) in [6.07, 6.45) is 0.